The third-order valence-electron chi connectivity index (χ3n) is 3.21. The van der Waals surface area contributed by atoms with Gasteiger partial charge in [-0.2, -0.15) is 5.10 Å². The minimum atomic E-state index is -0.468. The number of benzene rings is 2. The highest BCUT2D eigenvalue weighted by atomic mass is 35.5. The number of halogens is 1. The third-order valence-corrected chi connectivity index (χ3v) is 4.22. The van der Waals surface area contributed by atoms with Gasteiger partial charge in [0.2, 0.25) is 0 Å². The van der Waals surface area contributed by atoms with Crippen molar-refractivity contribution in [1.29, 1.82) is 0 Å². The van der Waals surface area contributed by atoms with Gasteiger partial charge in [-0.15, -0.1) is 11.3 Å². The van der Waals surface area contributed by atoms with Crippen molar-refractivity contribution in [3.8, 4) is 11.5 Å². The molecule has 0 atom stereocenters. The van der Waals surface area contributed by atoms with E-state index >= 15 is 0 Å². The molecule has 132 valence electrons. The second-order valence-electron chi connectivity index (χ2n) is 5.12. The number of carbonyl (C=O) groups excluding carboxylic acids is 1. The topological polar surface area (TPSA) is 107 Å². The number of aromatic hydroxyl groups is 2. The predicted octanol–water partition coefficient (Wildman–Crippen LogP) is 3.72. The van der Waals surface area contributed by atoms with Gasteiger partial charge in [-0.3, -0.25) is 4.79 Å². The van der Waals surface area contributed by atoms with E-state index in [9.17, 15) is 15.0 Å². The molecule has 0 unspecified atom stereocenters. The fraction of sp³-hybridized carbons (Fsp3) is 0. The van der Waals surface area contributed by atoms with Crippen LogP contribution in [-0.4, -0.2) is 27.3 Å². The first-order chi connectivity index (χ1) is 12.5. The Balaban J connectivity index is 1.59. The van der Waals surface area contributed by atoms with Crippen LogP contribution in [0.25, 0.3) is 0 Å². The van der Waals surface area contributed by atoms with Crippen molar-refractivity contribution in [2.75, 3.05) is 5.32 Å². The van der Waals surface area contributed by atoms with Gasteiger partial charge in [-0.1, -0.05) is 11.6 Å². The summed E-state index contributed by atoms with van der Waals surface area (Å²) in [5.41, 5.74) is 3.90. The van der Waals surface area contributed by atoms with Crippen molar-refractivity contribution >= 4 is 45.9 Å². The standard InChI is InChI=1S/C17H13ClN4O3S/c18-11-2-4-12(5-3-11)20-17-21-13(9-26-17)16(25)22-19-8-10-1-6-14(23)15(24)7-10/h1-9,23-24H,(H,20,21)(H,22,25)/b19-8+. The number of phenolic OH excluding ortho intramolecular Hbond substituents is 2. The number of hydrazone groups is 1. The van der Waals surface area contributed by atoms with E-state index in [2.05, 4.69) is 20.8 Å². The van der Waals surface area contributed by atoms with E-state index in [0.717, 1.165) is 5.69 Å². The lowest BCUT2D eigenvalue weighted by molar-refractivity contribution is 0.0951. The minimum absolute atomic E-state index is 0.220. The van der Waals surface area contributed by atoms with Crippen LogP contribution < -0.4 is 10.7 Å². The van der Waals surface area contributed by atoms with E-state index in [-0.39, 0.29) is 17.2 Å². The minimum Gasteiger partial charge on any atom is -0.504 e. The lowest BCUT2D eigenvalue weighted by atomic mass is 10.2. The Kier molecular flexibility index (Phi) is 5.35. The van der Waals surface area contributed by atoms with Crippen molar-refractivity contribution in [2.24, 2.45) is 5.10 Å². The SMILES string of the molecule is O=C(N/N=C/c1ccc(O)c(O)c1)c1csc(Nc2ccc(Cl)cc2)n1. The molecule has 7 nitrogen and oxygen atoms in total. The van der Waals surface area contributed by atoms with Gasteiger partial charge in [0.15, 0.2) is 16.6 Å². The highest BCUT2D eigenvalue weighted by Crippen LogP contribution is 2.24. The second-order valence-corrected chi connectivity index (χ2v) is 6.41. The molecule has 0 spiro atoms. The number of hydrogen-bond acceptors (Lipinski definition) is 7. The van der Waals surface area contributed by atoms with Crippen molar-refractivity contribution in [3.05, 3.63) is 64.1 Å². The maximum atomic E-state index is 12.1. The van der Waals surface area contributed by atoms with Crippen LogP contribution in [0.1, 0.15) is 16.1 Å². The molecular weight excluding hydrogens is 376 g/mol. The fourth-order valence-electron chi connectivity index (χ4n) is 1.94. The van der Waals surface area contributed by atoms with Gasteiger partial charge in [0.1, 0.15) is 5.69 Å². The number of phenols is 2. The smallest absolute Gasteiger partial charge is 0.290 e. The molecule has 0 aliphatic rings. The largest absolute Gasteiger partial charge is 0.504 e. The molecule has 0 bridgehead atoms. The highest BCUT2D eigenvalue weighted by Gasteiger charge is 2.10. The van der Waals surface area contributed by atoms with E-state index < -0.39 is 5.91 Å². The summed E-state index contributed by atoms with van der Waals surface area (Å²) in [5, 5.41) is 28.3. The molecule has 4 N–H and O–H groups in total. The van der Waals surface area contributed by atoms with Crippen LogP contribution in [0, 0.1) is 0 Å². The lowest BCUT2D eigenvalue weighted by Crippen LogP contribution is -2.18. The monoisotopic (exact) mass is 388 g/mol. The zero-order valence-electron chi connectivity index (χ0n) is 13.2. The number of aromatic nitrogens is 1. The zero-order valence-corrected chi connectivity index (χ0v) is 14.8. The number of nitrogens with zero attached hydrogens (tertiary/aromatic N) is 2. The van der Waals surface area contributed by atoms with Crippen molar-refractivity contribution in [2.45, 2.75) is 0 Å². The molecule has 0 fully saturated rings. The number of amides is 1. The van der Waals surface area contributed by atoms with Crippen molar-refractivity contribution < 1.29 is 15.0 Å². The zero-order chi connectivity index (χ0) is 18.5. The van der Waals surface area contributed by atoms with Crippen LogP contribution in [0.4, 0.5) is 10.8 Å². The summed E-state index contributed by atoms with van der Waals surface area (Å²) in [6, 6.07) is 11.3. The molecular formula is C17H13ClN4O3S. The van der Waals surface area contributed by atoms with Crippen LogP contribution in [0.15, 0.2) is 52.9 Å². The van der Waals surface area contributed by atoms with Crippen LogP contribution in [-0.2, 0) is 0 Å². The predicted molar refractivity (Wildman–Crippen MR) is 102 cm³/mol. The van der Waals surface area contributed by atoms with Crippen LogP contribution in [0.5, 0.6) is 11.5 Å². The van der Waals surface area contributed by atoms with Gasteiger partial charge in [0.05, 0.1) is 6.21 Å². The average molecular weight is 389 g/mol. The number of hydrogen-bond donors (Lipinski definition) is 4. The number of thiazole rings is 1. The molecule has 3 rings (SSSR count). The Morgan fingerprint density at radius 3 is 2.65 bits per heavy atom. The molecule has 0 radical (unpaired) electrons. The average Bonchev–Trinajstić information content (AvgIpc) is 3.09. The molecule has 1 aromatic heterocycles. The number of anilines is 2. The molecule has 0 saturated carbocycles. The molecule has 2 aromatic carbocycles. The van der Waals surface area contributed by atoms with Gasteiger partial charge in [0, 0.05) is 16.1 Å². The molecule has 0 aliphatic heterocycles. The van der Waals surface area contributed by atoms with Gasteiger partial charge in [0.25, 0.3) is 5.91 Å². The van der Waals surface area contributed by atoms with Crippen LogP contribution in [0.2, 0.25) is 5.02 Å². The normalized spacial score (nSPS) is 10.8. The number of rotatable bonds is 5. The molecule has 1 amide bonds. The molecule has 9 heteroatoms. The fourth-order valence-corrected chi connectivity index (χ4v) is 2.77. The second kappa shape index (κ2) is 7.85. The first-order valence-corrected chi connectivity index (χ1v) is 8.60. The van der Waals surface area contributed by atoms with Gasteiger partial charge >= 0.3 is 0 Å². The maximum Gasteiger partial charge on any atom is 0.290 e. The Morgan fingerprint density at radius 2 is 1.92 bits per heavy atom. The van der Waals surface area contributed by atoms with E-state index in [1.54, 1.807) is 35.7 Å². The van der Waals surface area contributed by atoms with Crippen LogP contribution >= 0.6 is 22.9 Å². The Labute approximate surface area is 157 Å². The Bertz CT molecular complexity index is 957. The van der Waals surface area contributed by atoms with Gasteiger partial charge < -0.3 is 15.5 Å². The summed E-state index contributed by atoms with van der Waals surface area (Å²) < 4.78 is 0. The quantitative estimate of drug-likeness (QED) is 0.303. The van der Waals surface area contributed by atoms with E-state index in [1.165, 1.54) is 29.7 Å². The first-order valence-electron chi connectivity index (χ1n) is 7.35. The summed E-state index contributed by atoms with van der Waals surface area (Å²) in [6.45, 7) is 0. The lowest BCUT2D eigenvalue weighted by Gasteiger charge is -2.01. The summed E-state index contributed by atoms with van der Waals surface area (Å²) in [6.07, 6.45) is 1.34. The van der Waals surface area contributed by atoms with E-state index in [4.69, 9.17) is 11.6 Å². The van der Waals surface area contributed by atoms with Gasteiger partial charge in [-0.05, 0) is 48.0 Å². The summed E-state index contributed by atoms with van der Waals surface area (Å²) in [7, 11) is 0. The van der Waals surface area contributed by atoms with Crippen LogP contribution in [0.3, 0.4) is 0 Å². The van der Waals surface area contributed by atoms with E-state index in [1.807, 2.05) is 0 Å². The van der Waals surface area contributed by atoms with Crippen molar-refractivity contribution in [1.82, 2.24) is 10.4 Å². The highest BCUT2D eigenvalue weighted by molar-refractivity contribution is 7.14. The summed E-state index contributed by atoms with van der Waals surface area (Å²) in [5.74, 6) is -0.961. The molecule has 0 aliphatic carbocycles. The Hall–Kier alpha value is -3.10. The van der Waals surface area contributed by atoms with Crippen molar-refractivity contribution in [3.63, 3.8) is 0 Å². The van der Waals surface area contributed by atoms with Gasteiger partial charge in [-0.25, -0.2) is 10.4 Å². The Morgan fingerprint density at radius 1 is 1.15 bits per heavy atom. The number of nitrogens with one attached hydrogen (secondary N) is 2. The summed E-state index contributed by atoms with van der Waals surface area (Å²) >= 11 is 7.12. The molecule has 3 aromatic rings. The third kappa shape index (κ3) is 4.50. The molecule has 0 saturated heterocycles. The molecule has 1 heterocycles. The number of carbonyl (C=O) groups is 1. The first kappa shape index (κ1) is 17.7. The molecule has 26 heavy (non-hydrogen) atoms. The van der Waals surface area contributed by atoms with E-state index in [0.29, 0.717) is 15.7 Å². The summed E-state index contributed by atoms with van der Waals surface area (Å²) in [4.78, 5) is 16.2. The maximum absolute atomic E-state index is 12.1.